The maximum Gasteiger partial charge on any atom is 0.472 e. The van der Waals surface area contributed by atoms with Crippen molar-refractivity contribution < 1.29 is 32.9 Å². The van der Waals surface area contributed by atoms with Crippen molar-refractivity contribution in [2.75, 3.05) is 40.9 Å². The molecule has 0 aliphatic rings. The number of aliphatic hydroxyl groups excluding tert-OH is 1. The monoisotopic (exact) mass is 1190 g/mol. The number of unbranched alkanes of at least 4 members (excludes halogenated alkanes) is 55. The zero-order valence-electron chi connectivity index (χ0n) is 56.7. The van der Waals surface area contributed by atoms with Crippen LogP contribution in [0.15, 0.2) is 24.3 Å². The molecule has 0 rings (SSSR count). The van der Waals surface area contributed by atoms with Crippen molar-refractivity contribution in [3.8, 4) is 0 Å². The Morgan fingerprint density at radius 2 is 0.663 bits per heavy atom. The summed E-state index contributed by atoms with van der Waals surface area (Å²) in [5, 5.41) is 14.0. The number of amides is 1. The van der Waals surface area contributed by atoms with Gasteiger partial charge in [0.2, 0.25) is 5.91 Å². The van der Waals surface area contributed by atoms with E-state index in [4.69, 9.17) is 9.05 Å². The van der Waals surface area contributed by atoms with Gasteiger partial charge in [0.25, 0.3) is 0 Å². The minimum absolute atomic E-state index is 0.0591. The molecule has 9 heteroatoms. The van der Waals surface area contributed by atoms with Gasteiger partial charge in [-0.15, -0.1) is 0 Å². The first-order valence-corrected chi connectivity index (χ1v) is 38.7. The fourth-order valence-electron chi connectivity index (χ4n) is 11.7. The average molecular weight is 1190 g/mol. The Bertz CT molecular complexity index is 1400. The molecule has 0 aromatic carbocycles. The highest BCUT2D eigenvalue weighted by molar-refractivity contribution is 7.47. The molecule has 0 aromatic rings. The molecule has 0 aliphatic carbocycles. The molecule has 1 amide bonds. The third kappa shape index (κ3) is 68.3. The van der Waals surface area contributed by atoms with E-state index in [1.807, 2.05) is 27.2 Å². The van der Waals surface area contributed by atoms with Crippen LogP contribution in [0.2, 0.25) is 0 Å². The maximum atomic E-state index is 13.1. The van der Waals surface area contributed by atoms with Crippen molar-refractivity contribution in [3.63, 3.8) is 0 Å². The number of nitrogens with zero attached hydrogens (tertiary/aromatic N) is 1. The molecule has 0 saturated heterocycles. The van der Waals surface area contributed by atoms with E-state index in [1.165, 1.54) is 334 Å². The molecule has 3 atom stereocenters. The van der Waals surface area contributed by atoms with Crippen LogP contribution in [-0.2, 0) is 18.4 Å². The zero-order chi connectivity index (χ0) is 60.5. The van der Waals surface area contributed by atoms with E-state index in [2.05, 4.69) is 31.3 Å². The van der Waals surface area contributed by atoms with E-state index in [9.17, 15) is 19.4 Å². The number of likely N-dealkylation sites (N-methyl/N-ethyl adjacent to an activating group) is 1. The molecule has 494 valence electrons. The second kappa shape index (κ2) is 65.4. The summed E-state index contributed by atoms with van der Waals surface area (Å²) in [4.78, 5) is 23.4. The van der Waals surface area contributed by atoms with Gasteiger partial charge < -0.3 is 19.8 Å². The first-order chi connectivity index (χ1) is 40.5. The predicted molar refractivity (Wildman–Crippen MR) is 365 cm³/mol. The summed E-state index contributed by atoms with van der Waals surface area (Å²) in [5.74, 6) is -0.177. The first-order valence-electron chi connectivity index (χ1n) is 37.2. The Hall–Kier alpha value is -1.02. The smallest absolute Gasteiger partial charge is 0.387 e. The standard InChI is InChI=1S/C74H147N2O6P/c1-6-8-10-12-14-16-18-20-22-24-26-28-30-31-32-33-34-35-36-37-38-39-40-41-42-43-44-46-48-50-52-54-56-58-60-62-64-66-68-74(78)75-72(71-82-83(79,80)81-70-69-76(3,4)5)73(77)67-65-63-61-59-57-55-53-51-49-47-45-29-27-25-23-21-19-17-15-13-11-9-7-2/h57,59,65,67,72-73,77H,6-56,58,60-64,66,68-71H2,1-5H3,(H-,75,78,79,80)/p+1/b59-57+,67-65+. The molecule has 0 heterocycles. The zero-order valence-corrected chi connectivity index (χ0v) is 57.6. The molecular weight excluding hydrogens is 1040 g/mol. The molecule has 0 aliphatic heterocycles. The van der Waals surface area contributed by atoms with Gasteiger partial charge in [-0.1, -0.05) is 378 Å². The number of carbonyl (C=O) groups excluding carboxylic acids is 1. The normalized spacial score (nSPS) is 13.7. The molecule has 83 heavy (non-hydrogen) atoms. The van der Waals surface area contributed by atoms with Gasteiger partial charge in [-0.2, -0.15) is 0 Å². The molecule has 0 fully saturated rings. The lowest BCUT2D eigenvalue weighted by molar-refractivity contribution is -0.870. The average Bonchev–Trinajstić information content (AvgIpc) is 3.49. The van der Waals surface area contributed by atoms with E-state index in [1.54, 1.807) is 6.08 Å². The number of hydrogen-bond acceptors (Lipinski definition) is 5. The third-order valence-electron chi connectivity index (χ3n) is 17.4. The number of phosphoric ester groups is 1. The Morgan fingerprint density at radius 3 is 0.964 bits per heavy atom. The summed E-state index contributed by atoms with van der Waals surface area (Å²) in [6.45, 7) is 4.86. The fourth-order valence-corrected chi connectivity index (χ4v) is 12.4. The number of nitrogens with one attached hydrogen (secondary N) is 1. The fraction of sp³-hybridized carbons (Fsp3) is 0.932. The number of allylic oxidation sites excluding steroid dienone is 3. The summed E-state index contributed by atoms with van der Waals surface area (Å²) >= 11 is 0. The highest BCUT2D eigenvalue weighted by atomic mass is 31.2. The van der Waals surface area contributed by atoms with Crippen LogP contribution in [0.4, 0.5) is 0 Å². The molecule has 0 radical (unpaired) electrons. The number of rotatable bonds is 70. The Labute approximate surface area is 519 Å². The van der Waals surface area contributed by atoms with Gasteiger partial charge in [0, 0.05) is 6.42 Å². The van der Waals surface area contributed by atoms with E-state index in [0.717, 1.165) is 38.5 Å². The van der Waals surface area contributed by atoms with Crippen LogP contribution in [0.1, 0.15) is 393 Å². The topological polar surface area (TPSA) is 105 Å². The van der Waals surface area contributed by atoms with Gasteiger partial charge in [0.15, 0.2) is 0 Å². The van der Waals surface area contributed by atoms with Gasteiger partial charge in [-0.3, -0.25) is 13.8 Å². The summed E-state index contributed by atoms with van der Waals surface area (Å²) in [6.07, 6.45) is 86.5. The summed E-state index contributed by atoms with van der Waals surface area (Å²) in [5.41, 5.74) is 0. The summed E-state index contributed by atoms with van der Waals surface area (Å²) in [7, 11) is 1.58. The number of aliphatic hydroxyl groups is 1. The van der Waals surface area contributed by atoms with Crippen LogP contribution in [0.5, 0.6) is 0 Å². The van der Waals surface area contributed by atoms with E-state index >= 15 is 0 Å². The Balaban J connectivity index is 3.94. The van der Waals surface area contributed by atoms with Crippen LogP contribution in [-0.4, -0.2) is 73.4 Å². The SMILES string of the molecule is CCCCCCCCCCCCCCCCCCC/C=C/CC/C=C/C(O)C(COP(=O)(O)OCC[N+](C)(C)C)NC(=O)CCCCCCCCCCCCCCCCCCCCCCCCCCCCCCCCCCCCCCCC. The minimum atomic E-state index is -4.36. The molecular formula is C74H148N2O6P+. The lowest BCUT2D eigenvalue weighted by Crippen LogP contribution is -2.45. The molecule has 0 saturated carbocycles. The number of quaternary nitrogens is 1. The van der Waals surface area contributed by atoms with Gasteiger partial charge in [0.05, 0.1) is 39.9 Å². The van der Waals surface area contributed by atoms with Gasteiger partial charge in [0.1, 0.15) is 13.2 Å². The maximum absolute atomic E-state index is 13.1. The van der Waals surface area contributed by atoms with E-state index in [0.29, 0.717) is 17.4 Å². The van der Waals surface area contributed by atoms with Crippen LogP contribution >= 0.6 is 7.82 Å². The van der Waals surface area contributed by atoms with Gasteiger partial charge in [-0.25, -0.2) is 4.57 Å². The molecule has 0 spiro atoms. The van der Waals surface area contributed by atoms with Crippen molar-refractivity contribution in [2.24, 2.45) is 0 Å². The molecule has 0 bridgehead atoms. The van der Waals surface area contributed by atoms with Gasteiger partial charge in [-0.05, 0) is 32.1 Å². The Morgan fingerprint density at radius 1 is 0.398 bits per heavy atom. The summed E-state index contributed by atoms with van der Waals surface area (Å²) in [6, 6.07) is -0.862. The molecule has 3 N–H and O–H groups in total. The number of phosphoric acid groups is 1. The molecule has 8 nitrogen and oxygen atoms in total. The van der Waals surface area contributed by atoms with Crippen LogP contribution in [0.3, 0.4) is 0 Å². The highest BCUT2D eigenvalue weighted by Crippen LogP contribution is 2.43. The Kier molecular flexibility index (Phi) is 64.6. The van der Waals surface area contributed by atoms with Crippen LogP contribution < -0.4 is 5.32 Å². The van der Waals surface area contributed by atoms with Crippen LogP contribution in [0, 0.1) is 0 Å². The van der Waals surface area contributed by atoms with Crippen LogP contribution in [0.25, 0.3) is 0 Å². The van der Waals surface area contributed by atoms with Crippen molar-refractivity contribution in [3.05, 3.63) is 24.3 Å². The van der Waals surface area contributed by atoms with Crippen molar-refractivity contribution >= 4 is 13.7 Å². The second-order valence-electron chi connectivity index (χ2n) is 27.0. The molecule has 0 aromatic heterocycles. The molecule has 3 unspecified atom stereocenters. The van der Waals surface area contributed by atoms with Crippen molar-refractivity contribution in [1.82, 2.24) is 5.32 Å². The predicted octanol–water partition coefficient (Wildman–Crippen LogP) is 23.8. The quantitative estimate of drug-likeness (QED) is 0.0243. The van der Waals surface area contributed by atoms with Crippen molar-refractivity contribution in [2.45, 2.75) is 405 Å². The van der Waals surface area contributed by atoms with Crippen molar-refractivity contribution in [1.29, 1.82) is 0 Å². The summed E-state index contributed by atoms with van der Waals surface area (Å²) < 4.78 is 23.8. The second-order valence-corrected chi connectivity index (χ2v) is 28.5. The highest BCUT2D eigenvalue weighted by Gasteiger charge is 2.28. The third-order valence-corrected chi connectivity index (χ3v) is 18.4. The number of hydrogen-bond donors (Lipinski definition) is 3. The van der Waals surface area contributed by atoms with E-state index < -0.39 is 20.0 Å². The lowest BCUT2D eigenvalue weighted by atomic mass is 10.0. The minimum Gasteiger partial charge on any atom is -0.387 e. The lowest BCUT2D eigenvalue weighted by Gasteiger charge is -2.25. The largest absolute Gasteiger partial charge is 0.472 e. The van der Waals surface area contributed by atoms with E-state index in [-0.39, 0.29) is 19.1 Å². The first kappa shape index (κ1) is 82.0. The number of carbonyl (C=O) groups is 1. The van der Waals surface area contributed by atoms with Gasteiger partial charge >= 0.3 is 7.82 Å².